The molecule has 2 aromatic rings. The Morgan fingerprint density at radius 1 is 1.11 bits per heavy atom. The summed E-state index contributed by atoms with van der Waals surface area (Å²) in [7, 11) is 0. The summed E-state index contributed by atoms with van der Waals surface area (Å²) in [6.45, 7) is 1.99. The van der Waals surface area contributed by atoms with Gasteiger partial charge in [0.2, 0.25) is 0 Å². The number of hydrogen-bond acceptors (Lipinski definition) is 1. The number of hydrogen-bond donors (Lipinski definition) is 1. The summed E-state index contributed by atoms with van der Waals surface area (Å²) in [5.74, 6) is -0.200. The van der Waals surface area contributed by atoms with Gasteiger partial charge in [0.15, 0.2) is 0 Å². The highest BCUT2D eigenvalue weighted by atomic mass is 79.9. The molecule has 0 spiro atoms. The zero-order valence-electron chi connectivity index (χ0n) is 10.9. The van der Waals surface area contributed by atoms with Crippen LogP contribution in [0.3, 0.4) is 0 Å². The Morgan fingerprint density at radius 2 is 1.79 bits per heavy atom. The van der Waals surface area contributed by atoms with Crippen LogP contribution in [0.4, 0.5) is 4.39 Å². The lowest BCUT2D eigenvalue weighted by atomic mass is 9.97. The molecule has 2 aromatic carbocycles. The lowest BCUT2D eigenvalue weighted by Gasteiger charge is -2.14. The van der Waals surface area contributed by atoms with Crippen molar-refractivity contribution in [1.82, 2.24) is 0 Å². The SMILES string of the molecule is Cc1ccc(F)cc1CC(N)Cc1ccccc1Br. The van der Waals surface area contributed by atoms with E-state index < -0.39 is 0 Å². The second kappa shape index (κ2) is 6.31. The van der Waals surface area contributed by atoms with Crippen LogP contribution in [0, 0.1) is 12.7 Å². The summed E-state index contributed by atoms with van der Waals surface area (Å²) in [5, 5.41) is 0. The summed E-state index contributed by atoms with van der Waals surface area (Å²) in [6.07, 6.45) is 1.46. The predicted molar refractivity (Wildman–Crippen MR) is 80.7 cm³/mol. The summed E-state index contributed by atoms with van der Waals surface area (Å²) in [5.41, 5.74) is 9.44. The Balaban J connectivity index is 2.07. The van der Waals surface area contributed by atoms with E-state index in [4.69, 9.17) is 5.73 Å². The fourth-order valence-corrected chi connectivity index (χ4v) is 2.61. The topological polar surface area (TPSA) is 26.0 Å². The van der Waals surface area contributed by atoms with Crippen LogP contribution in [0.15, 0.2) is 46.9 Å². The Kier molecular flexibility index (Phi) is 4.72. The molecule has 1 unspecified atom stereocenters. The fourth-order valence-electron chi connectivity index (χ4n) is 2.16. The molecule has 2 N–H and O–H groups in total. The zero-order valence-corrected chi connectivity index (χ0v) is 12.5. The van der Waals surface area contributed by atoms with E-state index in [0.717, 1.165) is 22.0 Å². The van der Waals surface area contributed by atoms with Gasteiger partial charge in [0.25, 0.3) is 0 Å². The van der Waals surface area contributed by atoms with Gasteiger partial charge < -0.3 is 5.73 Å². The number of halogens is 2. The second-order valence-corrected chi connectivity index (χ2v) is 5.68. The van der Waals surface area contributed by atoms with Crippen molar-refractivity contribution in [2.45, 2.75) is 25.8 Å². The van der Waals surface area contributed by atoms with Crippen LogP contribution < -0.4 is 5.73 Å². The van der Waals surface area contributed by atoms with E-state index in [2.05, 4.69) is 22.0 Å². The molecule has 0 saturated carbocycles. The molecule has 1 atom stereocenters. The monoisotopic (exact) mass is 321 g/mol. The van der Waals surface area contributed by atoms with Gasteiger partial charge in [-0.3, -0.25) is 0 Å². The molecule has 1 nitrogen and oxygen atoms in total. The van der Waals surface area contributed by atoms with E-state index in [1.807, 2.05) is 25.1 Å². The van der Waals surface area contributed by atoms with Gasteiger partial charge in [-0.15, -0.1) is 0 Å². The maximum absolute atomic E-state index is 13.2. The fraction of sp³-hybridized carbons (Fsp3) is 0.250. The maximum atomic E-state index is 13.2. The smallest absolute Gasteiger partial charge is 0.123 e. The highest BCUT2D eigenvalue weighted by Gasteiger charge is 2.10. The van der Waals surface area contributed by atoms with E-state index in [0.29, 0.717) is 6.42 Å². The summed E-state index contributed by atoms with van der Waals surface area (Å²) < 4.78 is 14.3. The average Bonchev–Trinajstić information content (AvgIpc) is 2.37. The Bertz CT molecular complexity index is 568. The predicted octanol–water partition coefficient (Wildman–Crippen LogP) is 4.01. The zero-order chi connectivity index (χ0) is 13.8. The molecule has 19 heavy (non-hydrogen) atoms. The van der Waals surface area contributed by atoms with Crippen LogP contribution in [0.25, 0.3) is 0 Å². The molecule has 0 aliphatic heterocycles. The number of rotatable bonds is 4. The molecule has 3 heteroatoms. The van der Waals surface area contributed by atoms with Crippen LogP contribution >= 0.6 is 15.9 Å². The molecule has 100 valence electrons. The second-order valence-electron chi connectivity index (χ2n) is 4.83. The summed E-state index contributed by atoms with van der Waals surface area (Å²) >= 11 is 3.52. The number of aryl methyl sites for hydroxylation is 1. The molecule has 0 radical (unpaired) electrons. The van der Waals surface area contributed by atoms with Crippen LogP contribution in [-0.4, -0.2) is 6.04 Å². The molecule has 0 saturated heterocycles. The van der Waals surface area contributed by atoms with E-state index >= 15 is 0 Å². The van der Waals surface area contributed by atoms with E-state index in [1.54, 1.807) is 12.1 Å². The van der Waals surface area contributed by atoms with Gasteiger partial charge in [0, 0.05) is 10.5 Å². The number of benzene rings is 2. The maximum Gasteiger partial charge on any atom is 0.123 e. The van der Waals surface area contributed by atoms with E-state index in [1.165, 1.54) is 11.6 Å². The van der Waals surface area contributed by atoms with Crippen molar-refractivity contribution in [2.75, 3.05) is 0 Å². The van der Waals surface area contributed by atoms with E-state index in [9.17, 15) is 4.39 Å². The Morgan fingerprint density at radius 3 is 2.53 bits per heavy atom. The highest BCUT2D eigenvalue weighted by molar-refractivity contribution is 9.10. The number of nitrogens with two attached hydrogens (primary N) is 1. The van der Waals surface area contributed by atoms with Crippen LogP contribution in [0.2, 0.25) is 0 Å². The molecule has 0 aliphatic carbocycles. The molecular formula is C16H17BrFN. The van der Waals surface area contributed by atoms with Crippen LogP contribution in [0.1, 0.15) is 16.7 Å². The van der Waals surface area contributed by atoms with Crippen molar-refractivity contribution >= 4 is 15.9 Å². The molecule has 0 aromatic heterocycles. The third-order valence-electron chi connectivity index (χ3n) is 3.23. The summed E-state index contributed by atoms with van der Waals surface area (Å²) in [4.78, 5) is 0. The van der Waals surface area contributed by atoms with Gasteiger partial charge in [0.05, 0.1) is 0 Å². The van der Waals surface area contributed by atoms with Crippen molar-refractivity contribution in [3.63, 3.8) is 0 Å². The first-order valence-corrected chi connectivity index (χ1v) is 7.09. The minimum atomic E-state index is -0.200. The van der Waals surface area contributed by atoms with Gasteiger partial charge >= 0.3 is 0 Å². The molecule has 0 fully saturated rings. The molecule has 0 bridgehead atoms. The third kappa shape index (κ3) is 3.88. The van der Waals surface area contributed by atoms with Gasteiger partial charge in [0.1, 0.15) is 5.82 Å². The first-order valence-electron chi connectivity index (χ1n) is 6.30. The highest BCUT2D eigenvalue weighted by Crippen LogP contribution is 2.19. The average molecular weight is 322 g/mol. The molecule has 0 heterocycles. The normalized spacial score (nSPS) is 12.4. The molecule has 0 amide bonds. The Labute approximate surface area is 121 Å². The van der Waals surface area contributed by atoms with Crippen molar-refractivity contribution < 1.29 is 4.39 Å². The van der Waals surface area contributed by atoms with Gasteiger partial charge in [-0.05, 0) is 54.7 Å². The minimum absolute atomic E-state index is 0.0146. The Hall–Kier alpha value is -1.19. The molecule has 2 rings (SSSR count). The van der Waals surface area contributed by atoms with Crippen LogP contribution in [0.5, 0.6) is 0 Å². The standard InChI is InChI=1S/C16H17BrFN/c1-11-6-7-14(18)8-13(11)10-15(19)9-12-4-2-3-5-16(12)17/h2-8,15H,9-10,19H2,1H3. The summed E-state index contributed by atoms with van der Waals surface area (Å²) in [6, 6.07) is 12.9. The van der Waals surface area contributed by atoms with Gasteiger partial charge in [-0.2, -0.15) is 0 Å². The molecular weight excluding hydrogens is 305 g/mol. The van der Waals surface area contributed by atoms with Crippen molar-refractivity contribution in [2.24, 2.45) is 5.73 Å². The third-order valence-corrected chi connectivity index (χ3v) is 4.01. The minimum Gasteiger partial charge on any atom is -0.327 e. The largest absolute Gasteiger partial charge is 0.327 e. The van der Waals surface area contributed by atoms with Crippen molar-refractivity contribution in [3.05, 3.63) is 69.4 Å². The quantitative estimate of drug-likeness (QED) is 0.904. The molecule has 0 aliphatic rings. The first-order chi connectivity index (χ1) is 9.06. The lowest BCUT2D eigenvalue weighted by Crippen LogP contribution is -2.26. The van der Waals surface area contributed by atoms with Crippen LogP contribution in [-0.2, 0) is 12.8 Å². The first kappa shape index (κ1) is 14.2. The van der Waals surface area contributed by atoms with Gasteiger partial charge in [-0.1, -0.05) is 40.2 Å². The van der Waals surface area contributed by atoms with Crippen molar-refractivity contribution in [1.29, 1.82) is 0 Å². The lowest BCUT2D eigenvalue weighted by molar-refractivity contribution is 0.616. The van der Waals surface area contributed by atoms with Crippen molar-refractivity contribution in [3.8, 4) is 0 Å². The van der Waals surface area contributed by atoms with E-state index in [-0.39, 0.29) is 11.9 Å². The van der Waals surface area contributed by atoms with Gasteiger partial charge in [-0.25, -0.2) is 4.39 Å².